The van der Waals surface area contributed by atoms with Gasteiger partial charge in [0.15, 0.2) is 11.4 Å². The van der Waals surface area contributed by atoms with Crippen molar-refractivity contribution in [2.24, 2.45) is 13.0 Å². The van der Waals surface area contributed by atoms with Crippen LogP contribution < -0.4 is 5.32 Å². The number of hydrogen-bond donors (Lipinski definition) is 1. The highest BCUT2D eigenvalue weighted by Crippen LogP contribution is 2.39. The van der Waals surface area contributed by atoms with Crippen LogP contribution >= 0.6 is 0 Å². The maximum Gasteiger partial charge on any atom is 0.420 e. The van der Waals surface area contributed by atoms with Crippen molar-refractivity contribution in [3.8, 4) is 34.0 Å². The second-order valence-corrected chi connectivity index (χ2v) is 9.57. The Hall–Kier alpha value is -4.05. The van der Waals surface area contributed by atoms with E-state index in [9.17, 15) is 17.6 Å². The first kappa shape index (κ1) is 25.6. The monoisotopic (exact) mass is 523 g/mol. The molecule has 0 aliphatic rings. The summed E-state index contributed by atoms with van der Waals surface area (Å²) < 4.78 is 63.3. The number of nitrogens with zero attached hydrogens (tertiary/aromatic N) is 4. The Labute approximate surface area is 216 Å². The molecular weight excluding hydrogens is 498 g/mol. The molecule has 6 nitrogen and oxygen atoms in total. The highest BCUT2D eigenvalue weighted by atomic mass is 19.4. The molecule has 5 rings (SSSR count). The molecule has 5 aromatic rings. The van der Waals surface area contributed by atoms with Crippen LogP contribution in [0.3, 0.4) is 0 Å². The van der Waals surface area contributed by atoms with Crippen LogP contribution in [0.25, 0.3) is 45.1 Å². The summed E-state index contributed by atoms with van der Waals surface area (Å²) in [4.78, 5) is 4.42. The van der Waals surface area contributed by atoms with Crippen molar-refractivity contribution in [1.82, 2.24) is 25.1 Å². The van der Waals surface area contributed by atoms with Gasteiger partial charge in [-0.25, -0.2) is 9.37 Å². The zero-order valence-corrected chi connectivity index (χ0v) is 21.0. The minimum atomic E-state index is -4.61. The molecule has 196 valence electrons. The molecule has 0 atom stereocenters. The van der Waals surface area contributed by atoms with E-state index in [-0.39, 0.29) is 23.5 Å². The Morgan fingerprint density at radius 1 is 1.00 bits per heavy atom. The van der Waals surface area contributed by atoms with Gasteiger partial charge in [0.2, 0.25) is 5.89 Å². The van der Waals surface area contributed by atoms with Crippen LogP contribution in [0.2, 0.25) is 0 Å². The lowest BCUT2D eigenvalue weighted by atomic mass is 9.97. The van der Waals surface area contributed by atoms with Crippen LogP contribution in [0.5, 0.6) is 0 Å². The van der Waals surface area contributed by atoms with Gasteiger partial charge in [-0.05, 0) is 65.6 Å². The standard InChI is InChI=1S/C28H25F4N5O/c1-16(2)13-33-14-17-9-23(28(30,31)32)25-24(10-17)35-27(38-25)19-6-4-5-18(11-19)21-8-7-20(29)12-22(21)26-36-34-15-37(26)3/h4-12,15-16,33H,13-14H2,1-3H3. The molecule has 0 bridgehead atoms. The molecule has 0 fully saturated rings. The summed E-state index contributed by atoms with van der Waals surface area (Å²) in [6, 6.07) is 14.1. The first-order valence-corrected chi connectivity index (χ1v) is 12.1. The highest BCUT2D eigenvalue weighted by molar-refractivity contribution is 5.84. The van der Waals surface area contributed by atoms with Crippen molar-refractivity contribution in [2.45, 2.75) is 26.6 Å². The topological polar surface area (TPSA) is 68.8 Å². The summed E-state index contributed by atoms with van der Waals surface area (Å²) in [5, 5.41) is 11.2. The van der Waals surface area contributed by atoms with Crippen molar-refractivity contribution in [3.63, 3.8) is 0 Å². The smallest absolute Gasteiger partial charge is 0.420 e. The van der Waals surface area contributed by atoms with E-state index in [1.165, 1.54) is 18.5 Å². The van der Waals surface area contributed by atoms with Gasteiger partial charge in [-0.1, -0.05) is 32.0 Å². The molecule has 0 saturated carbocycles. The van der Waals surface area contributed by atoms with Crippen LogP contribution in [0, 0.1) is 11.7 Å². The van der Waals surface area contributed by atoms with Gasteiger partial charge < -0.3 is 14.3 Å². The fraction of sp³-hybridized carbons (Fsp3) is 0.250. The lowest BCUT2D eigenvalue weighted by Crippen LogP contribution is -2.19. The Bertz CT molecular complexity index is 1600. The molecule has 0 spiro atoms. The number of aryl methyl sites for hydroxylation is 1. The van der Waals surface area contributed by atoms with Crippen LogP contribution in [-0.4, -0.2) is 26.3 Å². The first-order chi connectivity index (χ1) is 18.1. The number of alkyl halides is 3. The number of aromatic nitrogens is 4. The van der Waals surface area contributed by atoms with Crippen molar-refractivity contribution >= 4 is 11.1 Å². The van der Waals surface area contributed by atoms with Crippen LogP contribution in [0.1, 0.15) is 25.0 Å². The second kappa shape index (κ2) is 10.0. The first-order valence-electron chi connectivity index (χ1n) is 12.1. The number of halogens is 4. The van der Waals surface area contributed by atoms with E-state index in [0.29, 0.717) is 46.1 Å². The van der Waals surface area contributed by atoms with Crippen molar-refractivity contribution in [3.05, 3.63) is 77.9 Å². The van der Waals surface area contributed by atoms with Crippen LogP contribution in [0.4, 0.5) is 17.6 Å². The third-order valence-electron chi connectivity index (χ3n) is 6.09. The van der Waals surface area contributed by atoms with Gasteiger partial charge in [0.05, 0.1) is 0 Å². The Kier molecular flexibility index (Phi) is 6.75. The maximum atomic E-state index is 14.2. The van der Waals surface area contributed by atoms with E-state index in [2.05, 4.69) is 20.5 Å². The third kappa shape index (κ3) is 5.17. The zero-order valence-electron chi connectivity index (χ0n) is 21.0. The SMILES string of the molecule is CC(C)CNCc1cc(C(F)(F)F)c2oc(-c3cccc(-c4ccc(F)cc4-c4nncn4C)c3)nc2c1. The van der Waals surface area contributed by atoms with Gasteiger partial charge >= 0.3 is 6.18 Å². The Morgan fingerprint density at radius 3 is 2.50 bits per heavy atom. The van der Waals surface area contributed by atoms with Gasteiger partial charge in [0.25, 0.3) is 0 Å². The largest absolute Gasteiger partial charge is 0.435 e. The Morgan fingerprint density at radius 2 is 1.79 bits per heavy atom. The number of hydrogen-bond acceptors (Lipinski definition) is 5. The van der Waals surface area contributed by atoms with Crippen molar-refractivity contribution in [2.75, 3.05) is 6.54 Å². The summed E-state index contributed by atoms with van der Waals surface area (Å²) in [7, 11) is 1.75. The van der Waals surface area contributed by atoms with E-state index >= 15 is 0 Å². The number of nitrogens with one attached hydrogen (secondary N) is 1. The number of oxazole rings is 1. The number of benzene rings is 3. The predicted molar refractivity (Wildman–Crippen MR) is 136 cm³/mol. The average Bonchev–Trinajstić information content (AvgIpc) is 3.49. The molecule has 0 radical (unpaired) electrons. The van der Waals surface area contributed by atoms with E-state index in [1.54, 1.807) is 41.9 Å². The summed E-state index contributed by atoms with van der Waals surface area (Å²) in [6.07, 6.45) is -3.09. The second-order valence-electron chi connectivity index (χ2n) is 9.57. The van der Waals surface area contributed by atoms with E-state index in [1.807, 2.05) is 19.9 Å². The quantitative estimate of drug-likeness (QED) is 0.236. The third-order valence-corrected chi connectivity index (χ3v) is 6.09. The van der Waals surface area contributed by atoms with E-state index < -0.39 is 17.6 Å². The molecule has 0 saturated heterocycles. The number of fused-ring (bicyclic) bond motifs is 1. The molecule has 1 N–H and O–H groups in total. The van der Waals surface area contributed by atoms with Gasteiger partial charge in [-0.15, -0.1) is 10.2 Å². The molecule has 2 aromatic heterocycles. The minimum absolute atomic E-state index is 0.0574. The molecule has 0 aliphatic carbocycles. The van der Waals surface area contributed by atoms with Crippen LogP contribution in [-0.2, 0) is 19.8 Å². The molecule has 0 aliphatic heterocycles. The van der Waals surface area contributed by atoms with E-state index in [4.69, 9.17) is 4.42 Å². The fourth-order valence-electron chi connectivity index (χ4n) is 4.33. The molecule has 38 heavy (non-hydrogen) atoms. The summed E-state index contributed by atoms with van der Waals surface area (Å²) in [5.41, 5.74) is 1.80. The lowest BCUT2D eigenvalue weighted by molar-refractivity contribution is -0.136. The van der Waals surface area contributed by atoms with Gasteiger partial charge in [-0.3, -0.25) is 0 Å². The molecular formula is C28H25F4N5O. The van der Waals surface area contributed by atoms with E-state index in [0.717, 1.165) is 6.07 Å². The molecule has 0 amide bonds. The van der Waals surface area contributed by atoms with Crippen LogP contribution in [0.15, 0.2) is 65.3 Å². The summed E-state index contributed by atoms with van der Waals surface area (Å²) in [6.45, 7) is 5.01. The van der Waals surface area contributed by atoms with Crippen molar-refractivity contribution < 1.29 is 22.0 Å². The molecule has 2 heterocycles. The molecule has 0 unspecified atom stereocenters. The minimum Gasteiger partial charge on any atom is -0.435 e. The maximum absolute atomic E-state index is 14.2. The summed E-state index contributed by atoms with van der Waals surface area (Å²) >= 11 is 0. The Balaban J connectivity index is 1.58. The van der Waals surface area contributed by atoms with Gasteiger partial charge in [0.1, 0.15) is 23.2 Å². The molecule has 3 aromatic carbocycles. The highest BCUT2D eigenvalue weighted by Gasteiger charge is 2.35. The molecule has 10 heteroatoms. The average molecular weight is 524 g/mol. The lowest BCUT2D eigenvalue weighted by Gasteiger charge is -2.11. The normalized spacial score (nSPS) is 12.1. The van der Waals surface area contributed by atoms with Gasteiger partial charge in [-0.2, -0.15) is 13.2 Å². The predicted octanol–water partition coefficient (Wildman–Crippen LogP) is 6.86. The van der Waals surface area contributed by atoms with Crippen molar-refractivity contribution in [1.29, 1.82) is 0 Å². The van der Waals surface area contributed by atoms with Gasteiger partial charge in [0, 0.05) is 24.7 Å². The number of rotatable bonds is 7. The summed E-state index contributed by atoms with van der Waals surface area (Å²) in [5.74, 6) is 0.462. The zero-order chi connectivity index (χ0) is 27.0. The fourth-order valence-corrected chi connectivity index (χ4v) is 4.33.